The minimum atomic E-state index is -0.0721. The predicted molar refractivity (Wildman–Crippen MR) is 232 cm³/mol. The van der Waals surface area contributed by atoms with Gasteiger partial charge in [-0.3, -0.25) is 0 Å². The zero-order valence-corrected chi connectivity index (χ0v) is 33.4. The third kappa shape index (κ3) is 5.00. The van der Waals surface area contributed by atoms with Gasteiger partial charge in [0, 0.05) is 27.8 Å². The highest BCUT2D eigenvalue weighted by Crippen LogP contribution is 2.70. The molecule has 0 N–H and O–H groups in total. The molecule has 5 aliphatic carbocycles. The molecule has 2 nitrogen and oxygen atoms in total. The number of nitrogens with zero attached hydrogens (tertiary/aromatic N) is 1. The number of anilines is 3. The fourth-order valence-electron chi connectivity index (χ4n) is 12.7. The van der Waals surface area contributed by atoms with Crippen molar-refractivity contribution in [3.63, 3.8) is 0 Å². The van der Waals surface area contributed by atoms with E-state index in [9.17, 15) is 0 Å². The SMILES string of the molecule is CC1(C)CCC(C)(C)c2c(N(c3ccc(-c4ccccc4)cc3)c3cccc4c3Oc3c(-c5ccccc5)cccc3C43C4CC5CC(C4)CC3C5)cccc21. The zero-order chi connectivity index (χ0) is 37.8. The molecule has 6 aromatic rings. The topological polar surface area (TPSA) is 12.5 Å². The summed E-state index contributed by atoms with van der Waals surface area (Å²) in [5, 5.41) is 0. The van der Waals surface area contributed by atoms with Gasteiger partial charge in [-0.1, -0.05) is 143 Å². The summed E-state index contributed by atoms with van der Waals surface area (Å²) >= 11 is 0. The number of ether oxygens (including phenoxy) is 1. The van der Waals surface area contributed by atoms with Crippen molar-refractivity contribution in [3.8, 4) is 33.8 Å². The Hall–Kier alpha value is -5.08. The minimum Gasteiger partial charge on any atom is -0.454 e. The third-order valence-electron chi connectivity index (χ3n) is 15.2. The number of benzene rings is 6. The first kappa shape index (κ1) is 34.2. The molecule has 0 radical (unpaired) electrons. The Bertz CT molecular complexity index is 2430. The first-order valence-corrected chi connectivity index (χ1v) is 21.3. The molecule has 4 fully saturated rings. The van der Waals surface area contributed by atoms with Crippen LogP contribution in [0.4, 0.5) is 17.1 Å². The molecule has 56 heavy (non-hydrogen) atoms. The van der Waals surface area contributed by atoms with E-state index in [2.05, 4.69) is 172 Å². The molecule has 2 heteroatoms. The Balaban J connectivity index is 1.18. The Kier molecular flexibility index (Phi) is 7.61. The van der Waals surface area contributed by atoms with Crippen molar-refractivity contribution < 1.29 is 4.74 Å². The highest BCUT2D eigenvalue weighted by Gasteiger charge is 2.62. The summed E-state index contributed by atoms with van der Waals surface area (Å²) in [6.45, 7) is 9.80. The Morgan fingerprint density at radius 1 is 0.464 bits per heavy atom. The van der Waals surface area contributed by atoms with Gasteiger partial charge in [0.15, 0.2) is 5.75 Å². The lowest BCUT2D eigenvalue weighted by atomic mass is 9.41. The summed E-state index contributed by atoms with van der Waals surface area (Å²) in [6, 6.07) is 52.3. The van der Waals surface area contributed by atoms with Gasteiger partial charge in [0.05, 0.1) is 11.4 Å². The summed E-state index contributed by atoms with van der Waals surface area (Å²) in [6.07, 6.45) is 9.06. The highest BCUT2D eigenvalue weighted by molar-refractivity contribution is 5.87. The molecule has 12 rings (SSSR count). The van der Waals surface area contributed by atoms with Gasteiger partial charge in [-0.2, -0.15) is 0 Å². The third-order valence-corrected chi connectivity index (χ3v) is 15.2. The summed E-state index contributed by atoms with van der Waals surface area (Å²) < 4.78 is 7.64. The first-order chi connectivity index (χ1) is 27.2. The van der Waals surface area contributed by atoms with Crippen LogP contribution in [-0.2, 0) is 16.2 Å². The Morgan fingerprint density at radius 2 is 1.00 bits per heavy atom. The van der Waals surface area contributed by atoms with Crippen LogP contribution in [0.15, 0.2) is 140 Å². The Morgan fingerprint density at radius 3 is 1.66 bits per heavy atom. The van der Waals surface area contributed by atoms with E-state index in [4.69, 9.17) is 4.74 Å². The van der Waals surface area contributed by atoms with E-state index in [-0.39, 0.29) is 16.2 Å². The molecule has 0 saturated heterocycles. The van der Waals surface area contributed by atoms with Crippen LogP contribution in [0.2, 0.25) is 0 Å². The Labute approximate surface area is 333 Å². The normalized spacial score (nSPS) is 25.9. The molecule has 280 valence electrons. The molecule has 1 aliphatic heterocycles. The molecule has 0 aromatic heterocycles. The van der Waals surface area contributed by atoms with E-state index < -0.39 is 0 Å². The highest BCUT2D eigenvalue weighted by atomic mass is 16.5. The molecule has 6 aliphatic rings. The second kappa shape index (κ2) is 12.5. The lowest BCUT2D eigenvalue weighted by Crippen LogP contribution is -2.57. The molecule has 0 atom stereocenters. The summed E-state index contributed by atoms with van der Waals surface area (Å²) in [4.78, 5) is 2.58. The first-order valence-electron chi connectivity index (χ1n) is 21.3. The second-order valence-electron chi connectivity index (χ2n) is 19.2. The van der Waals surface area contributed by atoms with Crippen molar-refractivity contribution in [3.05, 3.63) is 162 Å². The van der Waals surface area contributed by atoms with Gasteiger partial charge in [-0.15, -0.1) is 0 Å². The van der Waals surface area contributed by atoms with Crippen LogP contribution in [0.3, 0.4) is 0 Å². The number of para-hydroxylation sites is 2. The fourth-order valence-corrected chi connectivity index (χ4v) is 12.7. The van der Waals surface area contributed by atoms with E-state index in [1.165, 1.54) is 88.7 Å². The van der Waals surface area contributed by atoms with Crippen LogP contribution in [0, 0.1) is 23.7 Å². The molecule has 0 amide bonds. The van der Waals surface area contributed by atoms with Crippen molar-refractivity contribution in [1.29, 1.82) is 0 Å². The molecule has 6 aromatic carbocycles. The van der Waals surface area contributed by atoms with Crippen LogP contribution >= 0.6 is 0 Å². The van der Waals surface area contributed by atoms with E-state index in [1.807, 2.05) is 0 Å². The van der Waals surface area contributed by atoms with Gasteiger partial charge >= 0.3 is 0 Å². The maximum absolute atomic E-state index is 7.64. The van der Waals surface area contributed by atoms with Gasteiger partial charge in [-0.25, -0.2) is 0 Å². The van der Waals surface area contributed by atoms with Crippen LogP contribution in [0.25, 0.3) is 22.3 Å². The largest absolute Gasteiger partial charge is 0.454 e. The van der Waals surface area contributed by atoms with Gasteiger partial charge in [0.2, 0.25) is 0 Å². The van der Waals surface area contributed by atoms with Crippen molar-refractivity contribution in [2.75, 3.05) is 4.90 Å². The predicted octanol–water partition coefficient (Wildman–Crippen LogP) is 14.7. The number of hydrogen-bond acceptors (Lipinski definition) is 2. The molecule has 4 saturated carbocycles. The average Bonchev–Trinajstić information content (AvgIpc) is 3.22. The lowest BCUT2D eigenvalue weighted by molar-refractivity contribution is -0.0451. The monoisotopic (exact) mass is 731 g/mol. The van der Waals surface area contributed by atoms with Crippen LogP contribution in [0.1, 0.15) is 94.9 Å². The van der Waals surface area contributed by atoms with Crippen molar-refractivity contribution in [1.82, 2.24) is 0 Å². The van der Waals surface area contributed by atoms with Gasteiger partial charge < -0.3 is 9.64 Å². The zero-order valence-electron chi connectivity index (χ0n) is 33.4. The minimum absolute atomic E-state index is 0.00903. The van der Waals surface area contributed by atoms with Crippen molar-refractivity contribution in [2.45, 2.75) is 88.9 Å². The summed E-state index contributed by atoms with van der Waals surface area (Å²) in [7, 11) is 0. The number of hydrogen-bond donors (Lipinski definition) is 0. The van der Waals surface area contributed by atoms with Crippen molar-refractivity contribution >= 4 is 17.1 Å². The van der Waals surface area contributed by atoms with Crippen molar-refractivity contribution in [2.24, 2.45) is 23.7 Å². The quantitative estimate of drug-likeness (QED) is 0.175. The standard InChI is InChI=1S/C54H53NO/c1-52(2)28-29-53(3,4)49-44(52)19-12-22-47(49)55(42-26-24-38(25-27-42)37-14-7-5-8-15-37)48-23-13-21-46-51(48)56-50-43(39-16-9-6-10-17-39)18-11-20-45(50)54(46)40-31-35-30-36(33-40)34-41(54)32-35/h5-27,35-36,40-41H,28-34H2,1-4H3. The van der Waals surface area contributed by atoms with Gasteiger partial charge in [-0.05, 0) is 132 Å². The molecule has 1 heterocycles. The van der Waals surface area contributed by atoms with Crippen LogP contribution in [0.5, 0.6) is 11.5 Å². The molecule has 4 bridgehead atoms. The molecular formula is C54H53NO. The molecule has 0 unspecified atom stereocenters. The van der Waals surface area contributed by atoms with Crippen LogP contribution in [-0.4, -0.2) is 0 Å². The smallest absolute Gasteiger partial charge is 0.155 e. The maximum atomic E-state index is 7.64. The average molecular weight is 732 g/mol. The van der Waals surface area contributed by atoms with E-state index in [0.29, 0.717) is 11.8 Å². The van der Waals surface area contributed by atoms with E-state index in [0.717, 1.165) is 41.1 Å². The molecular weight excluding hydrogens is 679 g/mol. The number of fused-ring (bicyclic) bond motifs is 3. The fraction of sp³-hybridized carbons (Fsp3) is 0.333. The maximum Gasteiger partial charge on any atom is 0.155 e. The van der Waals surface area contributed by atoms with Gasteiger partial charge in [0.1, 0.15) is 5.75 Å². The second-order valence-corrected chi connectivity index (χ2v) is 19.2. The molecule has 1 spiro atoms. The summed E-state index contributed by atoms with van der Waals surface area (Å²) in [5.41, 5.74) is 14.3. The lowest BCUT2D eigenvalue weighted by Gasteiger charge is -2.63. The van der Waals surface area contributed by atoms with Crippen LogP contribution < -0.4 is 9.64 Å². The van der Waals surface area contributed by atoms with Gasteiger partial charge in [0.25, 0.3) is 0 Å². The van der Waals surface area contributed by atoms with E-state index >= 15 is 0 Å². The summed E-state index contributed by atoms with van der Waals surface area (Å²) in [5.74, 6) is 5.07. The number of rotatable bonds is 5. The van der Waals surface area contributed by atoms with E-state index in [1.54, 1.807) is 0 Å².